The van der Waals surface area contributed by atoms with Gasteiger partial charge in [-0.3, -0.25) is 9.59 Å². The number of carbonyl (C=O) groups excluding carboxylic acids is 1. The smallest absolute Gasteiger partial charge is 0.305 e. The van der Waals surface area contributed by atoms with Gasteiger partial charge in [0.25, 0.3) is 5.91 Å². The number of halogens is 1. The van der Waals surface area contributed by atoms with Gasteiger partial charge in [-0.25, -0.2) is 4.39 Å². The Labute approximate surface area is 113 Å². The predicted molar refractivity (Wildman–Crippen MR) is 71.0 cm³/mol. The average molecular weight is 281 g/mol. The van der Waals surface area contributed by atoms with E-state index in [-0.39, 0.29) is 24.7 Å². The van der Waals surface area contributed by atoms with Crippen LogP contribution in [0.25, 0.3) is 10.1 Å². The average Bonchev–Trinajstić information content (AvgIpc) is 2.77. The van der Waals surface area contributed by atoms with E-state index >= 15 is 0 Å². The Hall–Kier alpha value is -1.95. The van der Waals surface area contributed by atoms with Gasteiger partial charge in [0.2, 0.25) is 0 Å². The van der Waals surface area contributed by atoms with E-state index in [1.54, 1.807) is 19.2 Å². The van der Waals surface area contributed by atoms with Crippen LogP contribution >= 0.6 is 11.3 Å². The first kappa shape index (κ1) is 13.5. The minimum Gasteiger partial charge on any atom is -0.481 e. The van der Waals surface area contributed by atoms with Gasteiger partial charge < -0.3 is 10.0 Å². The number of aliphatic carboxylic acids is 1. The van der Waals surface area contributed by atoms with Crippen molar-refractivity contribution in [2.45, 2.75) is 6.42 Å². The van der Waals surface area contributed by atoms with Crippen molar-refractivity contribution in [3.05, 3.63) is 35.0 Å². The summed E-state index contributed by atoms with van der Waals surface area (Å²) in [7, 11) is 1.55. The van der Waals surface area contributed by atoms with E-state index in [0.29, 0.717) is 10.3 Å². The zero-order valence-electron chi connectivity index (χ0n) is 10.2. The number of amides is 1. The minimum atomic E-state index is -0.946. The monoisotopic (exact) mass is 281 g/mol. The van der Waals surface area contributed by atoms with Crippen LogP contribution < -0.4 is 0 Å². The van der Waals surface area contributed by atoms with Gasteiger partial charge in [0.05, 0.1) is 11.3 Å². The van der Waals surface area contributed by atoms with Crippen LogP contribution in [0.15, 0.2) is 24.3 Å². The number of fused-ring (bicyclic) bond motifs is 1. The molecule has 100 valence electrons. The highest BCUT2D eigenvalue weighted by molar-refractivity contribution is 7.20. The Morgan fingerprint density at radius 2 is 2.11 bits per heavy atom. The molecule has 0 bridgehead atoms. The fourth-order valence-electron chi connectivity index (χ4n) is 1.67. The van der Waals surface area contributed by atoms with Gasteiger partial charge in [0.1, 0.15) is 5.82 Å². The Morgan fingerprint density at radius 3 is 2.79 bits per heavy atom. The van der Waals surface area contributed by atoms with Crippen molar-refractivity contribution < 1.29 is 19.1 Å². The van der Waals surface area contributed by atoms with Crippen LogP contribution in [0.2, 0.25) is 0 Å². The first-order valence-corrected chi connectivity index (χ1v) is 6.45. The Bertz CT molecular complexity index is 638. The molecule has 2 aromatic rings. The second-order valence-corrected chi connectivity index (χ2v) is 5.25. The van der Waals surface area contributed by atoms with Gasteiger partial charge in [-0.1, -0.05) is 0 Å². The van der Waals surface area contributed by atoms with Crippen molar-refractivity contribution in [1.82, 2.24) is 4.90 Å². The predicted octanol–water partition coefficient (Wildman–Crippen LogP) is 2.59. The van der Waals surface area contributed by atoms with E-state index < -0.39 is 5.97 Å². The third-order valence-electron chi connectivity index (χ3n) is 2.70. The number of hydrogen-bond acceptors (Lipinski definition) is 3. The van der Waals surface area contributed by atoms with Crippen LogP contribution in [-0.4, -0.2) is 35.5 Å². The molecule has 0 fully saturated rings. The highest BCUT2D eigenvalue weighted by atomic mass is 32.1. The van der Waals surface area contributed by atoms with Crippen LogP contribution in [0, 0.1) is 5.82 Å². The van der Waals surface area contributed by atoms with Crippen molar-refractivity contribution in [3.8, 4) is 0 Å². The van der Waals surface area contributed by atoms with Gasteiger partial charge in [0, 0.05) is 18.3 Å². The van der Waals surface area contributed by atoms with Crippen LogP contribution in [0.1, 0.15) is 16.1 Å². The molecule has 0 saturated carbocycles. The Balaban J connectivity index is 2.19. The van der Waals surface area contributed by atoms with E-state index in [9.17, 15) is 14.0 Å². The van der Waals surface area contributed by atoms with Crippen molar-refractivity contribution in [3.63, 3.8) is 0 Å². The summed E-state index contributed by atoms with van der Waals surface area (Å²) >= 11 is 1.27. The van der Waals surface area contributed by atoms with Gasteiger partial charge in [-0.05, 0) is 29.7 Å². The lowest BCUT2D eigenvalue weighted by Gasteiger charge is -2.14. The number of hydrogen-bond donors (Lipinski definition) is 1. The summed E-state index contributed by atoms with van der Waals surface area (Å²) in [6.07, 6.45) is -0.0955. The summed E-state index contributed by atoms with van der Waals surface area (Å²) in [5.41, 5.74) is 0. The maximum Gasteiger partial charge on any atom is 0.305 e. The molecule has 0 unspecified atom stereocenters. The molecule has 0 radical (unpaired) electrons. The lowest BCUT2D eigenvalue weighted by atomic mass is 10.2. The summed E-state index contributed by atoms with van der Waals surface area (Å²) in [6, 6.07) is 5.98. The second kappa shape index (κ2) is 5.36. The molecule has 1 aromatic carbocycles. The molecule has 1 heterocycles. The number of benzene rings is 1. The highest BCUT2D eigenvalue weighted by Gasteiger charge is 2.15. The number of nitrogens with zero attached hydrogens (tertiary/aromatic N) is 1. The molecule has 1 amide bonds. The molecule has 2 rings (SSSR count). The van der Waals surface area contributed by atoms with E-state index in [1.165, 1.54) is 28.4 Å². The normalized spacial score (nSPS) is 10.6. The first-order chi connectivity index (χ1) is 8.97. The third kappa shape index (κ3) is 3.08. The number of carboxylic acid groups (broad SMARTS) is 1. The zero-order chi connectivity index (χ0) is 14.0. The van der Waals surface area contributed by atoms with Gasteiger partial charge in [0.15, 0.2) is 0 Å². The van der Waals surface area contributed by atoms with E-state index in [2.05, 4.69) is 0 Å². The molecule has 6 heteroatoms. The number of rotatable bonds is 4. The minimum absolute atomic E-state index is 0.0955. The van der Waals surface area contributed by atoms with Crippen molar-refractivity contribution in [1.29, 1.82) is 0 Å². The molecule has 1 N–H and O–H groups in total. The Kier molecular flexibility index (Phi) is 3.80. The van der Waals surface area contributed by atoms with Crippen molar-refractivity contribution >= 4 is 33.3 Å². The largest absolute Gasteiger partial charge is 0.481 e. The molecule has 0 atom stereocenters. The molecule has 0 aliphatic heterocycles. The number of thiophene rings is 1. The molecule has 0 aliphatic rings. The SMILES string of the molecule is CN(CCC(=O)O)C(=O)c1cc2cc(F)ccc2s1. The van der Waals surface area contributed by atoms with Gasteiger partial charge in [-0.2, -0.15) is 0 Å². The van der Waals surface area contributed by atoms with E-state index in [1.807, 2.05) is 0 Å². The fraction of sp³-hybridized carbons (Fsp3) is 0.231. The summed E-state index contributed by atoms with van der Waals surface area (Å²) in [6.45, 7) is 0.150. The van der Waals surface area contributed by atoms with Gasteiger partial charge in [-0.15, -0.1) is 11.3 Å². The molecule has 1 aromatic heterocycles. The summed E-state index contributed by atoms with van der Waals surface area (Å²) in [5, 5.41) is 9.26. The number of carbonyl (C=O) groups is 2. The standard InChI is InChI=1S/C13H12FNO3S/c1-15(5-4-12(16)17)13(18)11-7-8-6-9(14)2-3-10(8)19-11/h2-3,6-7H,4-5H2,1H3,(H,16,17). The number of carboxylic acids is 1. The maximum absolute atomic E-state index is 13.1. The fourth-order valence-corrected chi connectivity index (χ4v) is 2.71. The molecule has 4 nitrogen and oxygen atoms in total. The van der Waals surface area contributed by atoms with Crippen LogP contribution in [0.5, 0.6) is 0 Å². The van der Waals surface area contributed by atoms with Crippen LogP contribution in [-0.2, 0) is 4.79 Å². The molecule has 0 spiro atoms. The molecular formula is C13H12FNO3S. The summed E-state index contributed by atoms with van der Waals surface area (Å²) in [4.78, 5) is 24.4. The molecule has 0 aliphatic carbocycles. The van der Waals surface area contributed by atoms with Crippen LogP contribution in [0.4, 0.5) is 4.39 Å². The molecular weight excluding hydrogens is 269 g/mol. The maximum atomic E-state index is 13.1. The lowest BCUT2D eigenvalue weighted by molar-refractivity contribution is -0.137. The second-order valence-electron chi connectivity index (χ2n) is 4.16. The summed E-state index contributed by atoms with van der Waals surface area (Å²) in [5.74, 6) is -1.54. The Morgan fingerprint density at radius 1 is 1.37 bits per heavy atom. The molecule has 0 saturated heterocycles. The van der Waals surface area contributed by atoms with E-state index in [0.717, 1.165) is 4.70 Å². The third-order valence-corrected chi connectivity index (χ3v) is 3.80. The summed E-state index contributed by atoms with van der Waals surface area (Å²) < 4.78 is 13.9. The van der Waals surface area contributed by atoms with Crippen LogP contribution in [0.3, 0.4) is 0 Å². The van der Waals surface area contributed by atoms with Crippen molar-refractivity contribution in [2.75, 3.05) is 13.6 Å². The molecule has 19 heavy (non-hydrogen) atoms. The lowest BCUT2D eigenvalue weighted by Crippen LogP contribution is -2.28. The quantitative estimate of drug-likeness (QED) is 0.937. The van der Waals surface area contributed by atoms with Crippen molar-refractivity contribution in [2.24, 2.45) is 0 Å². The van der Waals surface area contributed by atoms with E-state index in [4.69, 9.17) is 5.11 Å². The van der Waals surface area contributed by atoms with Gasteiger partial charge >= 0.3 is 5.97 Å². The highest BCUT2D eigenvalue weighted by Crippen LogP contribution is 2.27. The first-order valence-electron chi connectivity index (χ1n) is 5.64. The zero-order valence-corrected chi connectivity index (χ0v) is 11.0. The topological polar surface area (TPSA) is 57.6 Å².